The molecule has 1 fully saturated rings. The summed E-state index contributed by atoms with van der Waals surface area (Å²) in [4.78, 5) is 77.4. The van der Waals surface area contributed by atoms with Gasteiger partial charge >= 0.3 is 113 Å². The van der Waals surface area contributed by atoms with E-state index < -0.39 is 49.6 Å². The summed E-state index contributed by atoms with van der Waals surface area (Å²) >= 11 is 1.41. The minimum atomic E-state index is -5.30. The number of aliphatic hydroxyl groups is 1. The summed E-state index contributed by atoms with van der Waals surface area (Å²) in [6.45, 7) is 2.99. The van der Waals surface area contributed by atoms with Gasteiger partial charge in [-0.25, -0.2) is 15.0 Å². The van der Waals surface area contributed by atoms with Gasteiger partial charge in [-0.3, -0.25) is 4.57 Å². The van der Waals surface area contributed by atoms with Crippen LogP contribution in [0.15, 0.2) is 24.1 Å². The molecular formula is C15H27N5Na3O12P3S+6. The van der Waals surface area contributed by atoms with Crippen LogP contribution in [0, 0.1) is 0 Å². The number of imidazole rings is 1. The first-order chi connectivity index (χ1) is 16.7. The normalized spacial score (nSPS) is 19.7. The van der Waals surface area contributed by atoms with Crippen LogP contribution in [0.4, 0.5) is 5.82 Å². The van der Waals surface area contributed by atoms with E-state index in [4.69, 9.17) is 29.7 Å². The zero-order valence-corrected chi connectivity index (χ0v) is 31.0. The summed E-state index contributed by atoms with van der Waals surface area (Å²) in [6.07, 6.45) is 1.59. The van der Waals surface area contributed by atoms with Gasteiger partial charge in [0.15, 0.2) is 22.1 Å². The Kier molecular flexibility index (Phi) is 18.7. The molecular weight excluding hydrogens is 636 g/mol. The van der Waals surface area contributed by atoms with Crippen molar-refractivity contribution < 1.29 is 146 Å². The summed E-state index contributed by atoms with van der Waals surface area (Å²) in [5.74, 6) is 0.845. The van der Waals surface area contributed by atoms with Crippen molar-refractivity contribution >= 4 is 53.3 Å². The molecule has 1 saturated heterocycles. The molecule has 2 aromatic heterocycles. The molecule has 0 aromatic carbocycles. The van der Waals surface area contributed by atoms with Gasteiger partial charge in [-0.1, -0.05) is 17.8 Å². The molecule has 0 radical (unpaired) electrons. The van der Waals surface area contributed by atoms with Gasteiger partial charge in [0.25, 0.3) is 0 Å². The number of aromatic nitrogens is 4. The maximum absolute atomic E-state index is 10.5. The van der Waals surface area contributed by atoms with Crippen LogP contribution in [0.25, 0.3) is 11.2 Å². The first-order valence-electron chi connectivity index (χ1n) is 10.1. The molecule has 2 aromatic rings. The van der Waals surface area contributed by atoms with E-state index in [0.29, 0.717) is 22.1 Å². The molecule has 3 unspecified atom stereocenters. The summed E-state index contributed by atoms with van der Waals surface area (Å²) in [7, 11) is -15.5. The molecule has 39 heavy (non-hydrogen) atoms. The monoisotopic (exact) mass is 663 g/mol. The second-order valence-corrected chi connectivity index (χ2v) is 13.0. The number of nitrogen functional groups attached to an aromatic ring is 1. The second-order valence-electron chi connectivity index (χ2n) is 7.36. The molecule has 0 amide bonds. The van der Waals surface area contributed by atoms with Crippen LogP contribution >= 0.6 is 36.3 Å². The molecule has 3 heterocycles. The van der Waals surface area contributed by atoms with Crippen molar-refractivity contribution in [1.29, 1.82) is 0 Å². The fraction of sp³-hybridized carbons (Fsp3) is 0.533. The Morgan fingerprint density at radius 3 is 2.38 bits per heavy atom. The summed E-state index contributed by atoms with van der Waals surface area (Å²) in [6, 6.07) is 0. The zero-order valence-electron chi connectivity index (χ0n) is 21.5. The van der Waals surface area contributed by atoms with Gasteiger partial charge in [0.05, 0.1) is 14.7 Å². The largest absolute Gasteiger partial charge is 1.00 e. The van der Waals surface area contributed by atoms with E-state index in [2.05, 4.69) is 30.2 Å². The van der Waals surface area contributed by atoms with E-state index in [-0.39, 0.29) is 101 Å². The predicted molar refractivity (Wildman–Crippen MR) is 129 cm³/mol. The van der Waals surface area contributed by atoms with E-state index in [1.165, 1.54) is 18.1 Å². The van der Waals surface area contributed by atoms with Crippen LogP contribution in [-0.2, 0) is 17.9 Å². The Hall–Kier alpha value is 2.25. The molecule has 1 aliphatic rings. The molecule has 0 aliphatic carbocycles. The predicted octanol–water partition coefficient (Wildman–Crippen LogP) is -8.84. The SMILES string of the molecule is C=CCCCSc1nc2c(N)ncnc2n1C1CC(O)C(CO[P+](O)(O)O[P+](O)(O)O[P+](O)(O)O)O1.[Na+].[Na+].[Na+]. The van der Waals surface area contributed by atoms with Crippen molar-refractivity contribution in [2.24, 2.45) is 0 Å². The average Bonchev–Trinajstić information content (AvgIpc) is 3.27. The maximum atomic E-state index is 10.5. The fourth-order valence-corrected chi connectivity index (χ4v) is 7.33. The summed E-state index contributed by atoms with van der Waals surface area (Å²) in [5, 5.41) is 11.0. The minimum Gasteiger partial charge on any atom is -0.390 e. The minimum absolute atomic E-state index is 0. The van der Waals surface area contributed by atoms with Gasteiger partial charge in [-0.2, -0.15) is 34.3 Å². The molecule has 1 aliphatic heterocycles. The number of nitrogens with zero attached hydrogens (tertiary/aromatic N) is 4. The summed E-state index contributed by atoms with van der Waals surface area (Å²) in [5.41, 5.74) is 6.63. The van der Waals surface area contributed by atoms with Crippen molar-refractivity contribution in [1.82, 2.24) is 19.5 Å². The van der Waals surface area contributed by atoms with E-state index in [1.54, 1.807) is 10.6 Å². The van der Waals surface area contributed by atoms with Crippen LogP contribution in [0.1, 0.15) is 25.5 Å². The Bertz CT molecular complexity index is 1070. The average molecular weight is 663 g/mol. The third-order valence-electron chi connectivity index (χ3n) is 4.58. The molecule has 0 saturated carbocycles. The van der Waals surface area contributed by atoms with Gasteiger partial charge < -0.3 is 15.6 Å². The Morgan fingerprint density at radius 2 is 1.77 bits per heavy atom. The molecule has 17 nitrogen and oxygen atoms in total. The molecule has 202 valence electrons. The number of anilines is 1. The van der Waals surface area contributed by atoms with Crippen LogP contribution in [0.3, 0.4) is 0 Å². The first-order valence-corrected chi connectivity index (χ1v) is 15.7. The number of rotatable bonds is 13. The van der Waals surface area contributed by atoms with Crippen LogP contribution in [0.5, 0.6) is 0 Å². The van der Waals surface area contributed by atoms with Crippen molar-refractivity contribution in [3.8, 4) is 0 Å². The van der Waals surface area contributed by atoms with Gasteiger partial charge in [0, 0.05) is 12.2 Å². The Balaban J connectivity index is 0.00000481. The van der Waals surface area contributed by atoms with Crippen molar-refractivity contribution in [3.63, 3.8) is 0 Å². The molecule has 24 heteroatoms. The number of hydrogen-bond donors (Lipinski definition) is 9. The van der Waals surface area contributed by atoms with Gasteiger partial charge in [-0.15, -0.1) is 11.1 Å². The van der Waals surface area contributed by atoms with E-state index in [0.717, 1.165) is 12.8 Å². The third kappa shape index (κ3) is 12.6. The van der Waals surface area contributed by atoms with Gasteiger partial charge in [0.2, 0.25) is 0 Å². The van der Waals surface area contributed by atoms with Gasteiger partial charge in [-0.05, 0) is 12.8 Å². The number of hydrogen-bond acceptors (Lipinski definition) is 17. The van der Waals surface area contributed by atoms with Crippen LogP contribution < -0.4 is 94.4 Å². The van der Waals surface area contributed by atoms with E-state index in [9.17, 15) is 24.7 Å². The number of nitrogens with two attached hydrogens (primary N) is 1. The van der Waals surface area contributed by atoms with Crippen LogP contribution in [0.2, 0.25) is 0 Å². The molecule has 0 bridgehead atoms. The number of fused-ring (bicyclic) bond motifs is 1. The molecule has 0 spiro atoms. The number of aliphatic hydroxyl groups excluding tert-OH is 1. The van der Waals surface area contributed by atoms with Crippen LogP contribution in [-0.4, -0.2) is 83.4 Å². The van der Waals surface area contributed by atoms with E-state index in [1.807, 2.05) is 0 Å². The number of ether oxygens (including phenoxy) is 1. The molecule has 3 rings (SSSR count). The second kappa shape index (κ2) is 17.7. The van der Waals surface area contributed by atoms with E-state index >= 15 is 0 Å². The van der Waals surface area contributed by atoms with Gasteiger partial charge in [0.1, 0.15) is 25.3 Å². The Morgan fingerprint density at radius 1 is 1.10 bits per heavy atom. The first kappa shape index (κ1) is 41.2. The third-order valence-corrected chi connectivity index (χ3v) is 9.54. The molecule has 10 N–H and O–H groups in total. The van der Waals surface area contributed by atoms with Crippen molar-refractivity contribution in [3.05, 3.63) is 19.0 Å². The van der Waals surface area contributed by atoms with Crippen molar-refractivity contribution in [2.45, 2.75) is 42.9 Å². The number of unbranched alkanes of at least 4 members (excludes halogenated alkanes) is 1. The molecule has 3 atom stereocenters. The summed E-state index contributed by atoms with van der Waals surface area (Å²) < 4.78 is 20.0. The van der Waals surface area contributed by atoms with Crippen molar-refractivity contribution in [2.75, 3.05) is 18.1 Å². The maximum Gasteiger partial charge on any atom is 1.00 e. The quantitative estimate of drug-likeness (QED) is 0.0317. The zero-order chi connectivity index (χ0) is 26.7. The Labute approximate surface area is 295 Å². The number of allylic oxidation sites excluding steroid dienone is 1. The topological polar surface area (TPSA) is 268 Å². The standard InChI is InChI=1S/C15H27N5O12P3S.3Na/c1-2-3-4-5-36-15-19-12-13(16)17-8-18-14(12)20(15)11-6-9(21)10(30-11)7-29-34(25,26)32-35(27,28)31-33(22,23)24;;;/h2,8-11,21-28H,1,3-7H2,(H2,16,17,18);;;/q+3;3*+1. The fourth-order valence-electron chi connectivity index (χ4n) is 3.17. The number of thioether (sulfide) groups is 1. The smallest absolute Gasteiger partial charge is 0.390 e.